The molecule has 0 saturated carbocycles. The van der Waals surface area contributed by atoms with Gasteiger partial charge in [0.25, 0.3) is 0 Å². The first-order chi connectivity index (χ1) is 1.00. The molecule has 0 fully saturated rings. The summed E-state index contributed by atoms with van der Waals surface area (Å²) >= 11 is 1.69. The van der Waals surface area contributed by atoms with Crippen molar-refractivity contribution >= 4 is 0 Å². The first-order valence-electron chi connectivity index (χ1n) is 0.154. The molecule has 0 aliphatic carbocycles. The molecule has 0 saturated heterocycles. The van der Waals surface area contributed by atoms with Crippen LogP contribution >= 0.6 is 0 Å². The predicted octanol–water partition coefficient (Wildman–Crippen LogP) is -0.124. The largest absolute Gasteiger partial charge is 0 e. The van der Waals surface area contributed by atoms with Crippen LogP contribution in [-0.2, 0) is 46.0 Å². The summed E-state index contributed by atoms with van der Waals surface area (Å²) in [6.07, 6.45) is 0. The maximum atomic E-state index is 8.06. The molecule has 0 atom stereocenters. The van der Waals surface area contributed by atoms with Crippen LogP contribution in [0.4, 0.5) is 0 Å². The Morgan fingerprint density at radius 2 is 1.25 bits per heavy atom. The molecule has 0 aliphatic heterocycles. The molecule has 0 spiro atoms. The van der Waals surface area contributed by atoms with Gasteiger partial charge in [-0.2, -0.15) is 0 Å². The van der Waals surface area contributed by atoms with E-state index in [2.05, 4.69) is 0 Å². The molecule has 0 unspecified atom stereocenters. The van der Waals surface area contributed by atoms with E-state index in [9.17, 15) is 0 Å². The Hall–Kier alpha value is 2.40. The summed E-state index contributed by atoms with van der Waals surface area (Å²) in [6, 6.07) is 0. The van der Waals surface area contributed by atoms with E-state index >= 15 is 0 Å². The molecule has 4 heteroatoms. The van der Waals surface area contributed by atoms with Crippen molar-refractivity contribution in [2.45, 2.75) is 0 Å². The Morgan fingerprint density at radius 3 is 1.25 bits per heavy atom. The van der Waals surface area contributed by atoms with Crippen LogP contribution in [0, 0.1) is 35.6 Å². The van der Waals surface area contributed by atoms with Gasteiger partial charge in [-0.1, -0.05) is 0 Å². The fourth-order valence-electron chi connectivity index (χ4n) is 0. The molecule has 0 aromatic rings. The van der Waals surface area contributed by atoms with Crippen molar-refractivity contribution in [1.82, 2.24) is 0 Å². The van der Waals surface area contributed by atoms with Crippen LogP contribution in [0.25, 0.3) is 0 Å². The Labute approximate surface area is 80.0 Å². The molecule has 1 radical (unpaired) electrons. The Kier molecular flexibility index (Phi) is 73.3. The van der Waals surface area contributed by atoms with Gasteiger partial charge in [0, 0.05) is 61.8 Å². The van der Waals surface area contributed by atoms with E-state index in [0.717, 1.165) is 0 Å². The monoisotopic (exact) mass is 300 g/mol. The van der Waals surface area contributed by atoms with Crippen molar-refractivity contribution in [1.29, 1.82) is 0 Å². The molecular weight excluding hydrogens is 301 g/mol. The van der Waals surface area contributed by atoms with Crippen molar-refractivity contribution in [2.24, 2.45) is 0 Å². The van der Waals surface area contributed by atoms with Crippen molar-refractivity contribution in [2.75, 3.05) is 0 Å². The Balaban J connectivity index is -0.00000000500. The van der Waals surface area contributed by atoms with Gasteiger partial charge in [-0.15, -0.1) is 0 Å². The van der Waals surface area contributed by atoms with Crippen LogP contribution in [0.15, 0.2) is 0 Å². The quantitative estimate of drug-likeness (QED) is 0.570. The number of hydrogen-bond donors (Lipinski definition) is 0. The normalized spacial score (nSPS) is 1.00. The molecule has 0 amide bonds. The fraction of sp³-hybridized carbons (Fsp3) is 0. The van der Waals surface area contributed by atoms with Crippen LogP contribution in [0.3, 0.4) is 0 Å². The average Bonchev–Trinajstić information content (AvgIpc) is 1.00. The molecule has 0 rings (SSSR count). The van der Waals surface area contributed by atoms with Crippen LogP contribution in [0.5, 0.6) is 0 Å². The average molecular weight is 301 g/mol. The summed E-state index contributed by atoms with van der Waals surface area (Å²) in [5.74, 6) is 0. The van der Waals surface area contributed by atoms with Crippen LogP contribution in [0.2, 0.25) is 0 Å². The Morgan fingerprint density at radius 1 is 1.25 bits per heavy atom. The summed E-state index contributed by atoms with van der Waals surface area (Å²) in [7, 11) is 0. The van der Waals surface area contributed by atoms with Gasteiger partial charge in [0.05, 0.1) is 0 Å². The second-order valence-corrected chi connectivity index (χ2v) is 0. The van der Waals surface area contributed by atoms with Crippen molar-refractivity contribution in [3.63, 3.8) is 0 Å². The summed E-state index contributed by atoms with van der Waals surface area (Å²) in [4.78, 5) is 0. The van der Waals surface area contributed by atoms with E-state index in [1.165, 1.54) is 0 Å². The van der Waals surface area contributed by atoms with Gasteiger partial charge >= 0.3 is 19.8 Å². The fourth-order valence-corrected chi connectivity index (χ4v) is 0. The van der Waals surface area contributed by atoms with Crippen LogP contribution in [-0.4, -0.2) is 0 Å². The second-order valence-electron chi connectivity index (χ2n) is 0. The van der Waals surface area contributed by atoms with Gasteiger partial charge < -0.3 is 0 Å². The third kappa shape index (κ3) is 8.83. The van der Waals surface area contributed by atoms with Crippen molar-refractivity contribution in [3.05, 3.63) is 0 Å². The first-order valence-corrected chi connectivity index (χ1v) is 0.636. The van der Waals surface area contributed by atoms with E-state index in [4.69, 9.17) is 3.83 Å². The van der Waals surface area contributed by atoms with Crippen molar-refractivity contribution in [3.8, 4) is 0 Å². The first kappa shape index (κ1) is 16.1. The molecule has 0 aromatic heterocycles. The number of hydrogen-bond acceptors (Lipinski definition) is 1. The number of rotatable bonds is 0. The zero-order chi connectivity index (χ0) is 2.00. The maximum Gasteiger partial charge on any atom is 0 e. The maximum absolute atomic E-state index is 8.06. The predicted molar refractivity (Wildman–Crippen MR) is 0.686 cm³/mol. The van der Waals surface area contributed by atoms with E-state index in [-0.39, 0.29) is 61.8 Å². The molecule has 0 aliphatic rings. The summed E-state index contributed by atoms with van der Waals surface area (Å²) < 4.78 is 8.06. The third-order valence-corrected chi connectivity index (χ3v) is 0. The summed E-state index contributed by atoms with van der Waals surface area (Å²) in [6.45, 7) is 0. The van der Waals surface area contributed by atoms with Gasteiger partial charge in [-0.05, 0) is 0 Å². The summed E-state index contributed by atoms with van der Waals surface area (Å²) in [5.41, 5.74) is 0. The van der Waals surface area contributed by atoms with Gasteiger partial charge in [0.15, 0.2) is 0 Å². The van der Waals surface area contributed by atoms with Crippen LogP contribution < -0.4 is 0 Å². The minimum absolute atomic E-state index is 0. The van der Waals surface area contributed by atoms with Gasteiger partial charge in [0.2, 0.25) is 0 Å². The second kappa shape index (κ2) is 18.2. The van der Waals surface area contributed by atoms with E-state index in [0.29, 0.717) is 0 Å². The van der Waals surface area contributed by atoms with E-state index in [1.54, 1.807) is 15.9 Å². The van der Waals surface area contributed by atoms with E-state index in [1.807, 2.05) is 0 Å². The molecule has 0 aromatic carbocycles. The minimum atomic E-state index is 0. The zero-order valence-electron chi connectivity index (χ0n) is 1.86. The molecule has 20 valence electrons. The third-order valence-electron chi connectivity index (χ3n) is 0. The van der Waals surface area contributed by atoms with Crippen molar-refractivity contribution < 1.29 is 81.6 Å². The zero-order valence-corrected chi connectivity index (χ0v) is 9.13. The Bertz CT molecular complexity index is 8.00. The van der Waals surface area contributed by atoms with E-state index < -0.39 is 0 Å². The standard InChI is InChI=1S/La.Mn.O.Zr. The minimum Gasteiger partial charge on any atom is 0 e. The molecule has 1 nitrogen and oxygen atoms in total. The van der Waals surface area contributed by atoms with Gasteiger partial charge in [-0.25, -0.2) is 0 Å². The molecule has 0 heterocycles. The summed E-state index contributed by atoms with van der Waals surface area (Å²) in [5, 5.41) is 0. The van der Waals surface area contributed by atoms with Gasteiger partial charge in [-0.3, -0.25) is 0 Å². The van der Waals surface area contributed by atoms with Gasteiger partial charge in [0.1, 0.15) is 0 Å². The smallest absolute Gasteiger partial charge is 0 e. The molecule has 0 N–H and O–H groups in total. The molecule has 4 heavy (non-hydrogen) atoms. The molecular formula is LaMnOZr. The van der Waals surface area contributed by atoms with Crippen LogP contribution in [0.1, 0.15) is 0 Å². The molecule has 0 bridgehead atoms. The SMILES string of the molecule is [La].[O]=[Mn].[Zr]. The topological polar surface area (TPSA) is 17.1 Å².